The van der Waals surface area contributed by atoms with Gasteiger partial charge in [0.1, 0.15) is 0 Å². The van der Waals surface area contributed by atoms with Crippen LogP contribution in [0.15, 0.2) is 48.1 Å². The third-order valence-corrected chi connectivity index (χ3v) is 6.72. The molecule has 142 valence electrons. The lowest BCUT2D eigenvalue weighted by Crippen LogP contribution is -2.26. The van der Waals surface area contributed by atoms with E-state index in [9.17, 15) is 4.79 Å². The number of rotatable bonds is 6. The van der Waals surface area contributed by atoms with Crippen LogP contribution in [0, 0.1) is 5.92 Å². The first-order chi connectivity index (χ1) is 13.2. The zero-order valence-corrected chi connectivity index (χ0v) is 16.9. The van der Waals surface area contributed by atoms with Gasteiger partial charge in [0.25, 0.3) is 0 Å². The summed E-state index contributed by atoms with van der Waals surface area (Å²) in [7, 11) is 0. The molecule has 3 aliphatic rings. The SMILES string of the molecule is CCCC1(CCC)C2=CCCC=C2c2ccc(C(=O)C3C=CCCC3)cc21. The highest BCUT2D eigenvalue weighted by Crippen LogP contribution is 2.56. The van der Waals surface area contributed by atoms with E-state index < -0.39 is 0 Å². The van der Waals surface area contributed by atoms with E-state index in [4.69, 9.17) is 0 Å². The number of carbonyl (C=O) groups excluding carboxylic acids is 1. The Morgan fingerprint density at radius 1 is 1.07 bits per heavy atom. The third kappa shape index (κ3) is 3.06. The quantitative estimate of drug-likeness (QED) is 0.388. The molecule has 0 heterocycles. The van der Waals surface area contributed by atoms with Gasteiger partial charge in [0.15, 0.2) is 5.78 Å². The first-order valence-electron chi connectivity index (χ1n) is 11.0. The highest BCUT2D eigenvalue weighted by Gasteiger charge is 2.44. The van der Waals surface area contributed by atoms with Crippen LogP contribution in [0.25, 0.3) is 5.57 Å². The topological polar surface area (TPSA) is 17.1 Å². The van der Waals surface area contributed by atoms with E-state index in [0.717, 1.165) is 37.7 Å². The average Bonchev–Trinajstić information content (AvgIpc) is 2.98. The number of carbonyl (C=O) groups is 1. The fourth-order valence-electron chi connectivity index (χ4n) is 5.62. The van der Waals surface area contributed by atoms with Crippen molar-refractivity contribution >= 4 is 11.4 Å². The first kappa shape index (κ1) is 18.5. The van der Waals surface area contributed by atoms with Crippen molar-refractivity contribution in [1.29, 1.82) is 0 Å². The van der Waals surface area contributed by atoms with Crippen molar-refractivity contribution in [1.82, 2.24) is 0 Å². The van der Waals surface area contributed by atoms with E-state index in [1.165, 1.54) is 42.4 Å². The zero-order valence-electron chi connectivity index (χ0n) is 16.9. The van der Waals surface area contributed by atoms with Gasteiger partial charge in [0.05, 0.1) is 0 Å². The number of ketones is 1. The number of fused-ring (bicyclic) bond motifs is 3. The minimum Gasteiger partial charge on any atom is -0.294 e. The maximum Gasteiger partial charge on any atom is 0.169 e. The molecule has 0 fully saturated rings. The smallest absolute Gasteiger partial charge is 0.169 e. The Bertz CT molecular complexity index is 815. The predicted molar refractivity (Wildman–Crippen MR) is 114 cm³/mol. The van der Waals surface area contributed by atoms with Crippen LogP contribution in [0.4, 0.5) is 0 Å². The van der Waals surface area contributed by atoms with Gasteiger partial charge in [0, 0.05) is 16.9 Å². The second-order valence-electron chi connectivity index (χ2n) is 8.49. The van der Waals surface area contributed by atoms with Crippen LogP contribution in [0.3, 0.4) is 0 Å². The summed E-state index contributed by atoms with van der Waals surface area (Å²) in [6.07, 6.45) is 19.5. The molecular weight excluding hydrogens is 328 g/mol. The molecule has 0 saturated carbocycles. The summed E-state index contributed by atoms with van der Waals surface area (Å²) in [6.45, 7) is 4.59. The zero-order chi connectivity index (χ0) is 18.9. The van der Waals surface area contributed by atoms with Crippen molar-refractivity contribution in [3.8, 4) is 0 Å². The van der Waals surface area contributed by atoms with E-state index >= 15 is 0 Å². The highest BCUT2D eigenvalue weighted by molar-refractivity contribution is 6.01. The van der Waals surface area contributed by atoms with Gasteiger partial charge < -0.3 is 0 Å². The summed E-state index contributed by atoms with van der Waals surface area (Å²) in [5.41, 5.74) is 6.85. The molecule has 1 unspecified atom stereocenters. The van der Waals surface area contributed by atoms with Gasteiger partial charge in [-0.15, -0.1) is 0 Å². The van der Waals surface area contributed by atoms with E-state index in [2.05, 4.69) is 56.4 Å². The van der Waals surface area contributed by atoms with Crippen molar-refractivity contribution in [2.45, 2.75) is 77.0 Å². The van der Waals surface area contributed by atoms with Crippen LogP contribution in [-0.4, -0.2) is 5.78 Å². The molecule has 1 atom stereocenters. The van der Waals surface area contributed by atoms with E-state index in [-0.39, 0.29) is 11.3 Å². The number of benzene rings is 1. The lowest BCUT2D eigenvalue weighted by Gasteiger charge is -2.33. The Hall–Kier alpha value is -1.89. The standard InChI is InChI=1S/C26H32O/c1-3-16-26(17-4-2)23-13-9-8-12-21(23)22-15-14-20(18-24(22)26)25(27)19-10-6-5-7-11-19/h6,10,12-15,18-19H,3-5,7-9,11,16-17H2,1-2H3. The van der Waals surface area contributed by atoms with Crippen LogP contribution in [-0.2, 0) is 5.41 Å². The molecule has 0 bridgehead atoms. The van der Waals surface area contributed by atoms with Gasteiger partial charge in [-0.25, -0.2) is 0 Å². The molecule has 1 aromatic carbocycles. The van der Waals surface area contributed by atoms with E-state index in [1.807, 2.05) is 0 Å². The van der Waals surface area contributed by atoms with Crippen molar-refractivity contribution in [3.63, 3.8) is 0 Å². The summed E-state index contributed by atoms with van der Waals surface area (Å²) in [5, 5.41) is 0. The minimum absolute atomic E-state index is 0.0747. The molecule has 1 heteroatoms. The molecular formula is C26H32O. The van der Waals surface area contributed by atoms with Gasteiger partial charge in [0.2, 0.25) is 0 Å². The summed E-state index contributed by atoms with van der Waals surface area (Å²) in [4.78, 5) is 13.2. The maximum atomic E-state index is 13.2. The van der Waals surface area contributed by atoms with Crippen LogP contribution in [0.1, 0.15) is 93.1 Å². The molecule has 1 nitrogen and oxygen atoms in total. The van der Waals surface area contributed by atoms with Crippen LogP contribution in [0.2, 0.25) is 0 Å². The molecule has 0 aliphatic heterocycles. The average molecular weight is 361 g/mol. The molecule has 0 N–H and O–H groups in total. The lowest BCUT2D eigenvalue weighted by atomic mass is 9.70. The Morgan fingerprint density at radius 2 is 1.85 bits per heavy atom. The Labute approximate surface area is 164 Å². The summed E-state index contributed by atoms with van der Waals surface area (Å²) >= 11 is 0. The van der Waals surface area contributed by atoms with Crippen molar-refractivity contribution in [2.75, 3.05) is 0 Å². The Morgan fingerprint density at radius 3 is 2.56 bits per heavy atom. The van der Waals surface area contributed by atoms with E-state index in [0.29, 0.717) is 5.78 Å². The van der Waals surface area contributed by atoms with Crippen molar-refractivity contribution in [3.05, 3.63) is 64.8 Å². The molecule has 0 radical (unpaired) electrons. The van der Waals surface area contributed by atoms with Crippen LogP contribution >= 0.6 is 0 Å². The monoisotopic (exact) mass is 360 g/mol. The molecule has 4 rings (SSSR count). The molecule has 0 aromatic heterocycles. The van der Waals surface area contributed by atoms with Gasteiger partial charge in [-0.05, 0) is 73.3 Å². The fraction of sp³-hybridized carbons (Fsp3) is 0.500. The number of hydrogen-bond acceptors (Lipinski definition) is 1. The number of hydrogen-bond donors (Lipinski definition) is 0. The lowest BCUT2D eigenvalue weighted by molar-refractivity contribution is 0.0936. The second kappa shape index (κ2) is 7.62. The summed E-state index contributed by atoms with van der Waals surface area (Å²) in [6, 6.07) is 6.60. The third-order valence-electron chi connectivity index (χ3n) is 6.72. The Kier molecular flexibility index (Phi) is 5.21. The largest absolute Gasteiger partial charge is 0.294 e. The van der Waals surface area contributed by atoms with E-state index in [1.54, 1.807) is 5.57 Å². The molecule has 1 aromatic rings. The molecule has 3 aliphatic carbocycles. The van der Waals surface area contributed by atoms with Crippen LogP contribution < -0.4 is 0 Å². The van der Waals surface area contributed by atoms with Gasteiger partial charge >= 0.3 is 0 Å². The second-order valence-corrected chi connectivity index (χ2v) is 8.49. The Balaban J connectivity index is 1.82. The summed E-state index contributed by atoms with van der Waals surface area (Å²) in [5.74, 6) is 0.388. The molecule has 0 amide bonds. The van der Waals surface area contributed by atoms with Crippen LogP contribution in [0.5, 0.6) is 0 Å². The maximum absolute atomic E-state index is 13.2. The van der Waals surface area contributed by atoms with Crippen molar-refractivity contribution < 1.29 is 4.79 Å². The predicted octanol–water partition coefficient (Wildman–Crippen LogP) is 7.18. The molecule has 27 heavy (non-hydrogen) atoms. The molecule has 0 saturated heterocycles. The fourth-order valence-corrected chi connectivity index (χ4v) is 5.62. The number of allylic oxidation sites excluding steroid dienone is 6. The minimum atomic E-state index is 0.0747. The first-order valence-corrected chi connectivity index (χ1v) is 11.0. The highest BCUT2D eigenvalue weighted by atomic mass is 16.1. The molecule has 0 spiro atoms. The number of Topliss-reactive ketones (excluding diaryl/α,β-unsaturated/α-hetero) is 1. The van der Waals surface area contributed by atoms with Crippen molar-refractivity contribution in [2.24, 2.45) is 5.92 Å². The normalized spacial score (nSPS) is 22.7. The van der Waals surface area contributed by atoms with Gasteiger partial charge in [-0.1, -0.05) is 63.1 Å². The van der Waals surface area contributed by atoms with Gasteiger partial charge in [-0.3, -0.25) is 4.79 Å². The van der Waals surface area contributed by atoms with Gasteiger partial charge in [-0.2, -0.15) is 0 Å². The summed E-state index contributed by atoms with van der Waals surface area (Å²) < 4.78 is 0.